The van der Waals surface area contributed by atoms with Crippen molar-refractivity contribution in [2.75, 3.05) is 25.0 Å². The summed E-state index contributed by atoms with van der Waals surface area (Å²) in [6.45, 7) is 2.60. The van der Waals surface area contributed by atoms with E-state index in [0.717, 1.165) is 25.9 Å². The van der Waals surface area contributed by atoms with Gasteiger partial charge in [0.15, 0.2) is 0 Å². The zero-order valence-corrected chi connectivity index (χ0v) is 10.9. The normalized spacial score (nSPS) is 14.2. The van der Waals surface area contributed by atoms with E-state index in [2.05, 4.69) is 21.7 Å². The summed E-state index contributed by atoms with van der Waals surface area (Å²) >= 11 is 0. The van der Waals surface area contributed by atoms with Gasteiger partial charge in [-0.15, -0.1) is 0 Å². The Morgan fingerprint density at radius 1 is 1.55 bits per heavy atom. The van der Waals surface area contributed by atoms with Gasteiger partial charge in [0.2, 0.25) is 5.69 Å². The highest BCUT2D eigenvalue weighted by Gasteiger charge is 2.15. The first-order valence-corrected chi connectivity index (χ1v) is 6.38. The second kappa shape index (κ2) is 6.63. The quantitative estimate of drug-likeness (QED) is 0.479. The summed E-state index contributed by atoms with van der Waals surface area (Å²) in [5.74, 6) is 0.488. The number of nitrogens with zero attached hydrogens (tertiary/aromatic N) is 3. The Bertz CT molecular complexity index is 577. The lowest BCUT2D eigenvalue weighted by molar-refractivity contribution is -0.385. The third-order valence-corrected chi connectivity index (χ3v) is 3.09. The molecule has 1 aliphatic heterocycles. The van der Waals surface area contributed by atoms with Crippen LogP contribution in [0.4, 0.5) is 11.5 Å². The molecule has 2 rings (SSSR count). The monoisotopic (exact) mass is 273 g/mol. The van der Waals surface area contributed by atoms with Crippen molar-refractivity contribution < 1.29 is 4.92 Å². The molecular formula is C13H15N5O2. The van der Waals surface area contributed by atoms with Gasteiger partial charge < -0.3 is 10.6 Å². The molecule has 0 aliphatic carbocycles. The molecule has 7 nitrogen and oxygen atoms in total. The van der Waals surface area contributed by atoms with Crippen molar-refractivity contribution in [1.82, 2.24) is 10.3 Å². The minimum atomic E-state index is -0.602. The van der Waals surface area contributed by atoms with Crippen LogP contribution in [0.5, 0.6) is 0 Å². The zero-order valence-electron chi connectivity index (χ0n) is 10.9. The molecule has 7 heteroatoms. The number of anilines is 1. The van der Waals surface area contributed by atoms with Gasteiger partial charge in [-0.05, 0) is 25.5 Å². The molecule has 1 aromatic rings. The van der Waals surface area contributed by atoms with Gasteiger partial charge in [-0.2, -0.15) is 5.26 Å². The number of nitriles is 1. The summed E-state index contributed by atoms with van der Waals surface area (Å²) in [4.78, 5) is 14.0. The fourth-order valence-electron chi connectivity index (χ4n) is 2.03. The van der Waals surface area contributed by atoms with Crippen LogP contribution in [-0.2, 0) is 0 Å². The van der Waals surface area contributed by atoms with Crippen LogP contribution in [0.25, 0.3) is 0 Å². The number of rotatable bonds is 5. The lowest BCUT2D eigenvalue weighted by Crippen LogP contribution is -2.21. The van der Waals surface area contributed by atoms with E-state index in [1.807, 2.05) is 0 Å². The van der Waals surface area contributed by atoms with E-state index >= 15 is 0 Å². The molecule has 20 heavy (non-hydrogen) atoms. The molecule has 2 N–H and O–H groups in total. The van der Waals surface area contributed by atoms with Gasteiger partial charge in [0.1, 0.15) is 11.9 Å². The predicted octanol–water partition coefficient (Wildman–Crippen LogP) is 1.58. The highest BCUT2D eigenvalue weighted by atomic mass is 16.6. The number of nitrogens with one attached hydrogen (secondary N) is 2. The number of aromatic nitrogens is 1. The zero-order chi connectivity index (χ0) is 14.4. The van der Waals surface area contributed by atoms with Crippen molar-refractivity contribution in [2.45, 2.75) is 12.8 Å². The maximum Gasteiger partial charge on any atom is 0.305 e. The largest absolute Gasteiger partial charge is 0.370 e. The molecular weight excluding hydrogens is 258 g/mol. The number of nitro groups is 1. The Balaban J connectivity index is 1.95. The van der Waals surface area contributed by atoms with Crippen molar-refractivity contribution >= 4 is 11.5 Å². The Labute approximate surface area is 116 Å². The molecule has 0 bridgehead atoms. The Morgan fingerprint density at radius 3 is 3.05 bits per heavy atom. The molecule has 1 aromatic heterocycles. The van der Waals surface area contributed by atoms with Crippen molar-refractivity contribution in [2.24, 2.45) is 0 Å². The molecule has 104 valence electrons. The molecule has 0 aromatic carbocycles. The van der Waals surface area contributed by atoms with Crippen LogP contribution < -0.4 is 10.6 Å². The number of hydrogen-bond acceptors (Lipinski definition) is 6. The van der Waals surface area contributed by atoms with Gasteiger partial charge in [-0.25, -0.2) is 4.98 Å². The van der Waals surface area contributed by atoms with Gasteiger partial charge in [-0.1, -0.05) is 11.6 Å². The van der Waals surface area contributed by atoms with Gasteiger partial charge in [0.05, 0.1) is 4.92 Å². The van der Waals surface area contributed by atoms with Crippen LogP contribution in [0.3, 0.4) is 0 Å². The fraction of sp³-hybridized carbons (Fsp3) is 0.385. The minimum Gasteiger partial charge on any atom is -0.370 e. The van der Waals surface area contributed by atoms with E-state index in [0.29, 0.717) is 12.4 Å². The van der Waals surface area contributed by atoms with Gasteiger partial charge in [0, 0.05) is 19.2 Å². The molecule has 0 fully saturated rings. The Hall–Kier alpha value is -2.46. The van der Waals surface area contributed by atoms with Crippen molar-refractivity contribution in [3.63, 3.8) is 0 Å². The van der Waals surface area contributed by atoms with Crippen LogP contribution in [0.1, 0.15) is 18.5 Å². The standard InChI is InChI=1S/C13H15N5O2/c14-9-11-12(18(19)20)1-2-13(17-11)16-8-5-10-3-6-15-7-4-10/h1-3,15H,4-8H2,(H,16,17). The summed E-state index contributed by atoms with van der Waals surface area (Å²) in [5.41, 5.74) is 0.957. The van der Waals surface area contributed by atoms with Crippen LogP contribution in [-0.4, -0.2) is 29.5 Å². The number of hydrogen-bond donors (Lipinski definition) is 2. The first-order valence-electron chi connectivity index (χ1n) is 6.38. The minimum absolute atomic E-state index is 0.166. The molecule has 0 saturated carbocycles. The van der Waals surface area contributed by atoms with Crippen molar-refractivity contribution in [3.8, 4) is 6.07 Å². The lowest BCUT2D eigenvalue weighted by atomic mass is 10.1. The maximum atomic E-state index is 10.7. The third-order valence-electron chi connectivity index (χ3n) is 3.09. The molecule has 0 amide bonds. The Kier molecular flexibility index (Phi) is 4.63. The first kappa shape index (κ1) is 14.0. The topological polar surface area (TPSA) is 104 Å². The Morgan fingerprint density at radius 2 is 2.40 bits per heavy atom. The molecule has 2 heterocycles. The summed E-state index contributed by atoms with van der Waals surface area (Å²) in [6, 6.07) is 4.57. The molecule has 0 spiro atoms. The molecule has 0 unspecified atom stereocenters. The van der Waals surface area contributed by atoms with E-state index in [4.69, 9.17) is 5.26 Å². The van der Waals surface area contributed by atoms with E-state index in [9.17, 15) is 10.1 Å². The highest BCUT2D eigenvalue weighted by Crippen LogP contribution is 2.18. The van der Waals surface area contributed by atoms with Gasteiger partial charge in [0.25, 0.3) is 0 Å². The van der Waals surface area contributed by atoms with Crippen molar-refractivity contribution in [1.29, 1.82) is 5.26 Å². The van der Waals surface area contributed by atoms with Crippen LogP contribution in [0.15, 0.2) is 23.8 Å². The van der Waals surface area contributed by atoms with E-state index in [-0.39, 0.29) is 11.4 Å². The van der Waals surface area contributed by atoms with Crippen LogP contribution >= 0.6 is 0 Å². The van der Waals surface area contributed by atoms with Crippen LogP contribution in [0.2, 0.25) is 0 Å². The smallest absolute Gasteiger partial charge is 0.305 e. The average molecular weight is 273 g/mol. The summed E-state index contributed by atoms with van der Waals surface area (Å²) in [6.07, 6.45) is 4.12. The predicted molar refractivity (Wildman–Crippen MR) is 74.3 cm³/mol. The third kappa shape index (κ3) is 3.52. The summed E-state index contributed by atoms with van der Waals surface area (Å²) in [5, 5.41) is 25.9. The summed E-state index contributed by atoms with van der Waals surface area (Å²) < 4.78 is 0. The van der Waals surface area contributed by atoms with Crippen molar-refractivity contribution in [3.05, 3.63) is 39.6 Å². The molecule has 0 atom stereocenters. The second-order valence-corrected chi connectivity index (χ2v) is 4.43. The highest BCUT2D eigenvalue weighted by molar-refractivity contribution is 5.50. The summed E-state index contributed by atoms with van der Waals surface area (Å²) in [7, 11) is 0. The molecule has 0 radical (unpaired) electrons. The van der Waals surface area contributed by atoms with E-state index in [1.54, 1.807) is 6.07 Å². The van der Waals surface area contributed by atoms with Gasteiger partial charge in [-0.3, -0.25) is 10.1 Å². The van der Waals surface area contributed by atoms with Gasteiger partial charge >= 0.3 is 5.69 Å². The van der Waals surface area contributed by atoms with E-state index < -0.39 is 4.92 Å². The second-order valence-electron chi connectivity index (χ2n) is 4.43. The van der Waals surface area contributed by atoms with Crippen LogP contribution in [0, 0.1) is 21.4 Å². The SMILES string of the molecule is N#Cc1nc(NCCC2=CCNCC2)ccc1[N+](=O)[O-]. The molecule has 1 aliphatic rings. The first-order chi connectivity index (χ1) is 9.70. The number of pyridine rings is 1. The fourth-order valence-corrected chi connectivity index (χ4v) is 2.03. The van der Waals surface area contributed by atoms with E-state index in [1.165, 1.54) is 17.7 Å². The lowest BCUT2D eigenvalue weighted by Gasteiger charge is -2.14. The molecule has 0 saturated heterocycles. The maximum absolute atomic E-state index is 10.7. The average Bonchev–Trinajstić information content (AvgIpc) is 2.48.